The molecule has 0 saturated heterocycles. The van der Waals surface area contributed by atoms with Gasteiger partial charge in [-0.3, -0.25) is 20.1 Å². The Morgan fingerprint density at radius 1 is 1.14 bits per heavy atom. The number of hydrogen-bond acceptors (Lipinski definition) is 9. The molecule has 1 aliphatic heterocycles. The second-order valence-corrected chi connectivity index (χ2v) is 11.5. The van der Waals surface area contributed by atoms with Crippen molar-refractivity contribution in [1.29, 1.82) is 5.41 Å². The van der Waals surface area contributed by atoms with Crippen molar-refractivity contribution in [2.45, 2.75) is 43.9 Å². The highest BCUT2D eigenvalue weighted by molar-refractivity contribution is 5.95. The van der Waals surface area contributed by atoms with E-state index in [0.717, 1.165) is 31.9 Å². The van der Waals surface area contributed by atoms with E-state index < -0.39 is 46.9 Å². The quantitative estimate of drug-likeness (QED) is 0.185. The highest BCUT2D eigenvalue weighted by Gasteiger charge is 2.50. The average molecular weight is 608 g/mol. The van der Waals surface area contributed by atoms with Crippen LogP contribution in [-0.4, -0.2) is 57.3 Å². The first-order valence-corrected chi connectivity index (χ1v) is 14.2. The number of carboxylic acid groups (broad SMARTS) is 1. The van der Waals surface area contributed by atoms with Crippen LogP contribution in [0.4, 0.5) is 8.78 Å². The number of pyridine rings is 1. The van der Waals surface area contributed by atoms with E-state index in [1.165, 1.54) is 24.3 Å². The number of hydrogen-bond donors (Lipinski definition) is 4. The zero-order valence-corrected chi connectivity index (χ0v) is 23.8. The summed E-state index contributed by atoms with van der Waals surface area (Å²) in [6.07, 6.45) is 5.40. The Morgan fingerprint density at radius 2 is 1.91 bits per heavy atom. The molecule has 3 fully saturated rings. The maximum atomic E-state index is 15.7. The minimum absolute atomic E-state index is 0.109. The van der Waals surface area contributed by atoms with E-state index in [-0.39, 0.29) is 34.6 Å². The largest absolute Gasteiger partial charge is 0.504 e. The SMILES string of the molecule is CN1CC=NC1c1cc(OC23CCC(CC2)C(C(=O)O)C3)ccc1Oc1c(F)cnc(Oc2cc(C(=N)N)ccc2O)c1F. The van der Waals surface area contributed by atoms with Gasteiger partial charge in [-0.05, 0) is 75.0 Å². The first-order chi connectivity index (χ1) is 21.0. The Kier molecular flexibility index (Phi) is 7.58. The van der Waals surface area contributed by atoms with E-state index >= 15 is 4.39 Å². The van der Waals surface area contributed by atoms with Gasteiger partial charge in [0.2, 0.25) is 11.6 Å². The number of aliphatic imine (C=N–C) groups is 1. The number of phenolic OH excluding ortho intramolecular Hbond substituents is 1. The lowest BCUT2D eigenvalue weighted by Gasteiger charge is -2.49. The molecule has 0 radical (unpaired) electrons. The summed E-state index contributed by atoms with van der Waals surface area (Å²) in [5.74, 6) is -5.24. The number of rotatable bonds is 9. The molecule has 230 valence electrons. The van der Waals surface area contributed by atoms with Crippen LogP contribution in [0.2, 0.25) is 0 Å². The number of nitrogens with zero attached hydrogens (tertiary/aromatic N) is 3. The molecule has 13 heteroatoms. The van der Waals surface area contributed by atoms with Crippen LogP contribution >= 0.6 is 0 Å². The third-order valence-corrected chi connectivity index (χ3v) is 8.64. The number of aromatic hydroxyl groups is 1. The lowest BCUT2D eigenvalue weighted by molar-refractivity contribution is -0.154. The molecule has 3 aromatic rings. The van der Waals surface area contributed by atoms with Crippen LogP contribution in [0.3, 0.4) is 0 Å². The van der Waals surface area contributed by atoms with Crippen molar-refractivity contribution in [2.24, 2.45) is 22.6 Å². The fraction of sp³-hybridized carbons (Fsp3) is 0.355. The number of carbonyl (C=O) groups is 1. The Morgan fingerprint density at radius 3 is 2.59 bits per heavy atom. The summed E-state index contributed by atoms with van der Waals surface area (Å²) in [7, 11) is 1.84. The van der Waals surface area contributed by atoms with Crippen molar-refractivity contribution < 1.29 is 38.0 Å². The summed E-state index contributed by atoms with van der Waals surface area (Å²) in [4.78, 5) is 22.0. The third-order valence-electron chi connectivity index (χ3n) is 8.64. The number of nitrogens with two attached hydrogens (primary N) is 1. The lowest BCUT2D eigenvalue weighted by Crippen LogP contribution is -2.51. The number of aromatic nitrogens is 1. The first kappa shape index (κ1) is 29.3. The molecule has 2 heterocycles. The minimum atomic E-state index is -1.26. The molecule has 44 heavy (non-hydrogen) atoms. The van der Waals surface area contributed by atoms with Gasteiger partial charge in [-0.25, -0.2) is 9.37 Å². The van der Waals surface area contributed by atoms with Crippen molar-refractivity contribution in [3.63, 3.8) is 0 Å². The number of nitrogens with one attached hydrogen (secondary N) is 1. The number of amidine groups is 1. The van der Waals surface area contributed by atoms with Crippen LogP contribution in [0.25, 0.3) is 0 Å². The van der Waals surface area contributed by atoms with E-state index in [1.54, 1.807) is 18.3 Å². The molecule has 5 N–H and O–H groups in total. The van der Waals surface area contributed by atoms with Crippen LogP contribution in [0.1, 0.15) is 49.4 Å². The van der Waals surface area contributed by atoms with Crippen molar-refractivity contribution >= 4 is 18.0 Å². The number of halogens is 2. The van der Waals surface area contributed by atoms with Gasteiger partial charge < -0.3 is 30.2 Å². The monoisotopic (exact) mass is 607 g/mol. The predicted octanol–water partition coefficient (Wildman–Crippen LogP) is 5.36. The molecular formula is C31H31F2N5O6. The van der Waals surface area contributed by atoms with Crippen molar-refractivity contribution in [1.82, 2.24) is 9.88 Å². The molecule has 2 atom stereocenters. The number of nitrogen functional groups attached to an aromatic ring is 1. The zero-order chi connectivity index (χ0) is 31.2. The van der Waals surface area contributed by atoms with Crippen molar-refractivity contribution in [2.75, 3.05) is 13.6 Å². The number of benzene rings is 2. The van der Waals surface area contributed by atoms with Gasteiger partial charge in [0, 0.05) is 30.3 Å². The molecular weight excluding hydrogens is 576 g/mol. The van der Waals surface area contributed by atoms with Gasteiger partial charge in [-0.2, -0.15) is 4.39 Å². The standard InChI is InChI=1S/C31H31F2N5O6/c1-38-11-10-36-28(38)19-13-18(44-31-8-6-16(7-9-31)20(14-31)30(40)41)3-5-23(19)42-26-21(32)15-37-29(25(26)33)43-24-12-17(27(34)35)2-4-22(24)39/h2-5,10,12-13,15-16,20,28,39H,6-9,11,14H2,1H3,(H3,34,35)(H,40,41). The van der Waals surface area contributed by atoms with E-state index in [1.807, 2.05) is 11.9 Å². The van der Waals surface area contributed by atoms with Gasteiger partial charge in [0.15, 0.2) is 17.3 Å². The Balaban J connectivity index is 1.32. The molecule has 2 bridgehead atoms. The van der Waals surface area contributed by atoms with Gasteiger partial charge >= 0.3 is 5.97 Å². The molecule has 2 aromatic carbocycles. The highest BCUT2D eigenvalue weighted by atomic mass is 19.1. The molecule has 11 nitrogen and oxygen atoms in total. The molecule has 4 aliphatic rings. The second-order valence-electron chi connectivity index (χ2n) is 11.5. The number of ether oxygens (including phenoxy) is 3. The number of fused-ring (bicyclic) bond motifs is 3. The molecule has 3 saturated carbocycles. The van der Waals surface area contributed by atoms with Crippen LogP contribution in [0.15, 0.2) is 47.6 Å². The topological polar surface area (TPSA) is 164 Å². The normalized spacial score (nSPS) is 24.3. The van der Waals surface area contributed by atoms with Crippen LogP contribution in [-0.2, 0) is 4.79 Å². The van der Waals surface area contributed by atoms with Crippen LogP contribution in [0, 0.1) is 28.9 Å². The summed E-state index contributed by atoms with van der Waals surface area (Å²) in [5, 5.41) is 27.5. The molecule has 3 aliphatic carbocycles. The molecule has 0 spiro atoms. The van der Waals surface area contributed by atoms with Gasteiger partial charge in [0.1, 0.15) is 29.1 Å². The molecule has 2 unspecified atom stereocenters. The van der Waals surface area contributed by atoms with Gasteiger partial charge in [-0.15, -0.1) is 0 Å². The van der Waals surface area contributed by atoms with Gasteiger partial charge in [0.05, 0.1) is 12.1 Å². The maximum Gasteiger partial charge on any atom is 0.306 e. The number of phenols is 1. The second kappa shape index (κ2) is 11.4. The Bertz CT molecular complexity index is 1660. The van der Waals surface area contributed by atoms with Gasteiger partial charge in [-0.1, -0.05) is 0 Å². The van der Waals surface area contributed by atoms with E-state index in [9.17, 15) is 19.4 Å². The summed E-state index contributed by atoms with van der Waals surface area (Å²) < 4.78 is 48.4. The van der Waals surface area contributed by atoms with Gasteiger partial charge in [0.25, 0.3) is 5.88 Å². The van der Waals surface area contributed by atoms with Crippen molar-refractivity contribution in [3.8, 4) is 34.6 Å². The third kappa shape index (κ3) is 5.50. The summed E-state index contributed by atoms with van der Waals surface area (Å²) in [6, 6.07) is 8.71. The van der Waals surface area contributed by atoms with E-state index in [4.69, 9.17) is 25.4 Å². The summed E-state index contributed by atoms with van der Waals surface area (Å²) >= 11 is 0. The zero-order valence-electron chi connectivity index (χ0n) is 23.8. The fourth-order valence-corrected chi connectivity index (χ4v) is 6.29. The van der Waals surface area contributed by atoms with E-state index in [0.29, 0.717) is 24.3 Å². The van der Waals surface area contributed by atoms with Crippen LogP contribution < -0.4 is 19.9 Å². The van der Waals surface area contributed by atoms with Crippen molar-refractivity contribution in [3.05, 3.63) is 65.4 Å². The maximum absolute atomic E-state index is 15.7. The average Bonchev–Trinajstić information content (AvgIpc) is 3.43. The Labute approximate surface area is 251 Å². The Hall–Kier alpha value is -4.78. The lowest BCUT2D eigenvalue weighted by atomic mass is 9.62. The first-order valence-electron chi connectivity index (χ1n) is 14.2. The minimum Gasteiger partial charge on any atom is -0.504 e. The number of aliphatic carboxylic acids is 1. The molecule has 0 amide bonds. The summed E-state index contributed by atoms with van der Waals surface area (Å²) in [6.45, 7) is 0.541. The predicted molar refractivity (Wildman–Crippen MR) is 155 cm³/mol. The number of carboxylic acids is 1. The molecule has 7 rings (SSSR count). The fourth-order valence-electron chi connectivity index (χ4n) is 6.29. The smallest absolute Gasteiger partial charge is 0.306 e. The summed E-state index contributed by atoms with van der Waals surface area (Å²) in [5.41, 5.74) is 5.59. The van der Waals surface area contributed by atoms with E-state index in [2.05, 4.69) is 9.98 Å². The molecule has 1 aromatic heterocycles. The van der Waals surface area contributed by atoms with Crippen LogP contribution in [0.5, 0.6) is 34.6 Å². The highest BCUT2D eigenvalue weighted by Crippen LogP contribution is 2.50.